The van der Waals surface area contributed by atoms with Crippen LogP contribution in [0.1, 0.15) is 36.2 Å². The van der Waals surface area contributed by atoms with Crippen LogP contribution in [0.2, 0.25) is 0 Å². The SMILES string of the molecule is CCOC(=O)C[C@H](C(=O)OCC)[C@H](NC(=O)c1ccc(C(F)(F)F)cc1)C(=O)O. The molecule has 0 saturated heterocycles. The zero-order valence-electron chi connectivity index (χ0n) is 15.6. The van der Waals surface area contributed by atoms with Crippen LogP contribution in [-0.4, -0.2) is 48.2 Å². The molecule has 2 N–H and O–H groups in total. The van der Waals surface area contributed by atoms with Crippen LogP contribution in [0.5, 0.6) is 0 Å². The van der Waals surface area contributed by atoms with Crippen molar-refractivity contribution in [3.63, 3.8) is 0 Å². The maximum Gasteiger partial charge on any atom is 0.416 e. The lowest BCUT2D eigenvalue weighted by atomic mass is 9.95. The number of ether oxygens (including phenoxy) is 2. The number of amides is 1. The molecule has 0 unspecified atom stereocenters. The molecule has 8 nitrogen and oxygen atoms in total. The second kappa shape index (κ2) is 10.4. The van der Waals surface area contributed by atoms with Gasteiger partial charge in [-0.25, -0.2) is 4.79 Å². The van der Waals surface area contributed by atoms with E-state index in [1.54, 1.807) is 0 Å². The molecule has 0 fully saturated rings. The lowest BCUT2D eigenvalue weighted by Gasteiger charge is -2.23. The predicted octanol–water partition coefficient (Wildman–Crippen LogP) is 2.02. The molecular weight excluding hydrogens is 399 g/mol. The van der Waals surface area contributed by atoms with Gasteiger partial charge in [0.05, 0.1) is 31.1 Å². The van der Waals surface area contributed by atoms with Gasteiger partial charge >= 0.3 is 24.1 Å². The minimum atomic E-state index is -4.60. The second-order valence-electron chi connectivity index (χ2n) is 5.73. The van der Waals surface area contributed by atoms with Crippen LogP contribution in [0.4, 0.5) is 13.2 Å². The third-order valence-corrected chi connectivity index (χ3v) is 3.71. The monoisotopic (exact) mass is 419 g/mol. The summed E-state index contributed by atoms with van der Waals surface area (Å²) >= 11 is 0. The molecule has 0 aliphatic rings. The van der Waals surface area contributed by atoms with Gasteiger partial charge in [0.25, 0.3) is 5.91 Å². The van der Waals surface area contributed by atoms with Crippen LogP contribution in [0.3, 0.4) is 0 Å². The molecule has 29 heavy (non-hydrogen) atoms. The Balaban J connectivity index is 3.08. The van der Waals surface area contributed by atoms with Crippen LogP contribution in [-0.2, 0) is 30.0 Å². The van der Waals surface area contributed by atoms with E-state index in [-0.39, 0.29) is 18.8 Å². The summed E-state index contributed by atoms with van der Waals surface area (Å²) in [5.41, 5.74) is -1.25. The minimum Gasteiger partial charge on any atom is -0.480 e. The fraction of sp³-hybridized carbons (Fsp3) is 0.444. The van der Waals surface area contributed by atoms with E-state index in [4.69, 9.17) is 9.47 Å². The number of aliphatic carboxylic acids is 1. The van der Waals surface area contributed by atoms with Crippen molar-refractivity contribution in [2.24, 2.45) is 5.92 Å². The minimum absolute atomic E-state index is 0.00989. The summed E-state index contributed by atoms with van der Waals surface area (Å²) in [5, 5.41) is 11.5. The average Bonchev–Trinajstić information content (AvgIpc) is 2.64. The third-order valence-electron chi connectivity index (χ3n) is 3.71. The van der Waals surface area contributed by atoms with E-state index in [9.17, 15) is 37.5 Å². The Morgan fingerprint density at radius 1 is 1.03 bits per heavy atom. The molecule has 0 radical (unpaired) electrons. The summed E-state index contributed by atoms with van der Waals surface area (Å²) < 4.78 is 47.3. The Kier molecular flexibility index (Phi) is 8.61. The smallest absolute Gasteiger partial charge is 0.416 e. The number of rotatable bonds is 9. The highest BCUT2D eigenvalue weighted by Gasteiger charge is 2.38. The van der Waals surface area contributed by atoms with E-state index in [1.807, 2.05) is 5.32 Å². The second-order valence-corrected chi connectivity index (χ2v) is 5.73. The molecular formula is C18H20F3NO7. The molecule has 11 heteroatoms. The maximum absolute atomic E-state index is 12.6. The lowest BCUT2D eigenvalue weighted by molar-refractivity contribution is -0.159. The summed E-state index contributed by atoms with van der Waals surface area (Å²) in [6.07, 6.45) is -5.27. The maximum atomic E-state index is 12.6. The van der Waals surface area contributed by atoms with Gasteiger partial charge in [-0.1, -0.05) is 0 Å². The fourth-order valence-corrected chi connectivity index (χ4v) is 2.36. The molecule has 0 aliphatic carbocycles. The van der Waals surface area contributed by atoms with Crippen molar-refractivity contribution in [3.8, 4) is 0 Å². The number of carbonyl (C=O) groups excluding carboxylic acids is 3. The average molecular weight is 419 g/mol. The molecule has 160 valence electrons. The molecule has 1 aromatic carbocycles. The fourth-order valence-electron chi connectivity index (χ4n) is 2.36. The molecule has 0 saturated carbocycles. The van der Waals surface area contributed by atoms with E-state index in [0.717, 1.165) is 12.1 Å². The van der Waals surface area contributed by atoms with Gasteiger partial charge < -0.3 is 19.9 Å². The first-order valence-electron chi connectivity index (χ1n) is 8.54. The first-order valence-corrected chi connectivity index (χ1v) is 8.54. The summed E-state index contributed by atoms with van der Waals surface area (Å²) in [7, 11) is 0. The molecule has 0 spiro atoms. The molecule has 0 heterocycles. The molecule has 0 aliphatic heterocycles. The van der Waals surface area contributed by atoms with Crippen LogP contribution in [0, 0.1) is 5.92 Å². The zero-order chi connectivity index (χ0) is 22.2. The molecule has 0 bridgehead atoms. The first kappa shape index (κ1) is 23.9. The van der Waals surface area contributed by atoms with E-state index < -0.39 is 53.9 Å². The zero-order valence-corrected chi connectivity index (χ0v) is 15.6. The van der Waals surface area contributed by atoms with Crippen LogP contribution >= 0.6 is 0 Å². The van der Waals surface area contributed by atoms with E-state index >= 15 is 0 Å². The highest BCUT2D eigenvalue weighted by atomic mass is 19.4. The number of benzene rings is 1. The van der Waals surface area contributed by atoms with Crippen LogP contribution in [0.25, 0.3) is 0 Å². The highest BCUT2D eigenvalue weighted by Crippen LogP contribution is 2.29. The Morgan fingerprint density at radius 3 is 2.03 bits per heavy atom. The van der Waals surface area contributed by atoms with Gasteiger partial charge in [0.2, 0.25) is 0 Å². The van der Waals surface area contributed by atoms with Gasteiger partial charge in [0, 0.05) is 5.56 Å². The Hall–Kier alpha value is -3.11. The van der Waals surface area contributed by atoms with E-state index in [2.05, 4.69) is 0 Å². The van der Waals surface area contributed by atoms with Crippen molar-refractivity contribution in [2.75, 3.05) is 13.2 Å². The summed E-state index contributed by atoms with van der Waals surface area (Å²) in [6, 6.07) is 1.18. The van der Waals surface area contributed by atoms with E-state index in [1.165, 1.54) is 13.8 Å². The number of alkyl halides is 3. The molecule has 1 aromatic rings. The van der Waals surface area contributed by atoms with Crippen molar-refractivity contribution in [1.29, 1.82) is 0 Å². The molecule has 1 amide bonds. The van der Waals surface area contributed by atoms with Gasteiger partial charge in [-0.05, 0) is 38.1 Å². The largest absolute Gasteiger partial charge is 0.480 e. The Bertz CT molecular complexity index is 747. The molecule has 2 atom stereocenters. The summed E-state index contributed by atoms with van der Waals surface area (Å²) in [5.74, 6) is -6.18. The number of hydrogen-bond donors (Lipinski definition) is 2. The highest BCUT2D eigenvalue weighted by molar-refractivity contribution is 5.98. The number of halogens is 3. The number of hydrogen-bond acceptors (Lipinski definition) is 6. The number of carbonyl (C=O) groups is 4. The van der Waals surface area contributed by atoms with Gasteiger partial charge in [-0.15, -0.1) is 0 Å². The van der Waals surface area contributed by atoms with Crippen molar-refractivity contribution in [1.82, 2.24) is 5.32 Å². The summed E-state index contributed by atoms with van der Waals surface area (Å²) in [6.45, 7) is 2.87. The van der Waals surface area contributed by atoms with Crippen molar-refractivity contribution in [3.05, 3.63) is 35.4 Å². The normalized spacial score (nSPS) is 13.1. The van der Waals surface area contributed by atoms with Gasteiger partial charge in [0.1, 0.15) is 6.04 Å². The van der Waals surface area contributed by atoms with Crippen molar-refractivity contribution < 1.29 is 46.9 Å². The predicted molar refractivity (Wildman–Crippen MR) is 91.7 cm³/mol. The quantitative estimate of drug-likeness (QED) is 0.588. The standard InChI is InChI=1S/C18H20F3NO7/c1-3-28-13(23)9-12(17(27)29-4-2)14(16(25)26)22-15(24)10-5-7-11(8-6-10)18(19,20)21/h5-8,12,14H,3-4,9H2,1-2H3,(H,22,24)(H,25,26)/t12-,14-/m0/s1. The van der Waals surface area contributed by atoms with Crippen molar-refractivity contribution >= 4 is 23.8 Å². The molecule has 1 rings (SSSR count). The van der Waals surface area contributed by atoms with E-state index in [0.29, 0.717) is 12.1 Å². The Morgan fingerprint density at radius 2 is 1.59 bits per heavy atom. The van der Waals surface area contributed by atoms with Gasteiger partial charge in [-0.2, -0.15) is 13.2 Å². The van der Waals surface area contributed by atoms with Crippen molar-refractivity contribution in [2.45, 2.75) is 32.5 Å². The Labute approximate surface area is 164 Å². The number of nitrogens with one attached hydrogen (secondary N) is 1. The van der Waals surface area contributed by atoms with Gasteiger partial charge in [-0.3, -0.25) is 14.4 Å². The van der Waals surface area contributed by atoms with Crippen LogP contribution < -0.4 is 5.32 Å². The lowest BCUT2D eigenvalue weighted by Crippen LogP contribution is -2.49. The third kappa shape index (κ3) is 7.09. The number of carboxylic acid groups (broad SMARTS) is 1. The number of esters is 2. The van der Waals surface area contributed by atoms with Gasteiger partial charge in [0.15, 0.2) is 0 Å². The van der Waals surface area contributed by atoms with Crippen LogP contribution in [0.15, 0.2) is 24.3 Å². The first-order chi connectivity index (χ1) is 13.5. The molecule has 0 aromatic heterocycles. The summed E-state index contributed by atoms with van der Waals surface area (Å²) in [4.78, 5) is 47.8. The number of carboxylic acids is 1. The topological polar surface area (TPSA) is 119 Å².